The van der Waals surface area contributed by atoms with E-state index in [0.29, 0.717) is 18.8 Å². The zero-order valence-corrected chi connectivity index (χ0v) is 13.4. The molecule has 0 saturated carbocycles. The Kier molecular flexibility index (Phi) is 4.52. The van der Waals surface area contributed by atoms with E-state index in [1.165, 1.54) is 12.1 Å². The van der Waals surface area contributed by atoms with Crippen LogP contribution in [0.25, 0.3) is 0 Å². The van der Waals surface area contributed by atoms with Gasteiger partial charge in [0.2, 0.25) is 5.91 Å². The van der Waals surface area contributed by atoms with Gasteiger partial charge in [-0.05, 0) is 36.1 Å². The zero-order chi connectivity index (χ0) is 16.2. The van der Waals surface area contributed by atoms with Gasteiger partial charge < -0.3 is 5.32 Å². The first-order valence-corrected chi connectivity index (χ1v) is 8.09. The molecule has 6 heteroatoms. The number of rotatable bonds is 5. The van der Waals surface area contributed by atoms with E-state index in [-0.39, 0.29) is 11.7 Å². The average molecular weight is 329 g/mol. The van der Waals surface area contributed by atoms with Crippen LogP contribution in [0.1, 0.15) is 16.0 Å². The Morgan fingerprint density at radius 3 is 2.96 bits per heavy atom. The molecule has 1 amide bonds. The molecule has 0 aliphatic carbocycles. The van der Waals surface area contributed by atoms with Crippen molar-refractivity contribution in [3.05, 3.63) is 69.8 Å². The SMILES string of the molecule is Cc1cnn(Cc2cccc(F)c2)c1NC(=O)Cc1cccs1. The fourth-order valence-electron chi connectivity index (χ4n) is 2.32. The van der Waals surface area contributed by atoms with Crippen LogP contribution in [-0.2, 0) is 17.8 Å². The molecule has 0 radical (unpaired) electrons. The molecule has 23 heavy (non-hydrogen) atoms. The van der Waals surface area contributed by atoms with Crippen molar-refractivity contribution in [2.75, 3.05) is 5.32 Å². The van der Waals surface area contributed by atoms with Crippen LogP contribution in [0.5, 0.6) is 0 Å². The third-order valence-corrected chi connectivity index (χ3v) is 4.29. The molecule has 0 atom stereocenters. The van der Waals surface area contributed by atoms with Crippen molar-refractivity contribution in [3.63, 3.8) is 0 Å². The number of amides is 1. The second kappa shape index (κ2) is 6.75. The van der Waals surface area contributed by atoms with Crippen LogP contribution in [0, 0.1) is 12.7 Å². The Labute approximate surface area is 137 Å². The molecule has 0 bridgehead atoms. The highest BCUT2D eigenvalue weighted by atomic mass is 32.1. The van der Waals surface area contributed by atoms with Crippen molar-refractivity contribution in [3.8, 4) is 0 Å². The van der Waals surface area contributed by atoms with Gasteiger partial charge in [0.05, 0.1) is 19.2 Å². The molecule has 4 nitrogen and oxygen atoms in total. The summed E-state index contributed by atoms with van der Waals surface area (Å²) in [6, 6.07) is 10.2. The Morgan fingerprint density at radius 2 is 2.22 bits per heavy atom. The summed E-state index contributed by atoms with van der Waals surface area (Å²) in [7, 11) is 0. The largest absolute Gasteiger partial charge is 0.310 e. The molecule has 3 rings (SSSR count). The van der Waals surface area contributed by atoms with Gasteiger partial charge in [0.25, 0.3) is 0 Å². The lowest BCUT2D eigenvalue weighted by Gasteiger charge is -2.10. The predicted octanol–water partition coefficient (Wildman–Crippen LogP) is 3.62. The smallest absolute Gasteiger partial charge is 0.230 e. The fourth-order valence-corrected chi connectivity index (χ4v) is 3.02. The predicted molar refractivity (Wildman–Crippen MR) is 89.1 cm³/mol. The maximum Gasteiger partial charge on any atom is 0.230 e. The highest BCUT2D eigenvalue weighted by molar-refractivity contribution is 7.10. The molecule has 0 aliphatic heterocycles. The molecule has 0 spiro atoms. The van der Waals surface area contributed by atoms with Crippen molar-refractivity contribution in [2.45, 2.75) is 19.9 Å². The summed E-state index contributed by atoms with van der Waals surface area (Å²) in [4.78, 5) is 13.2. The van der Waals surface area contributed by atoms with E-state index >= 15 is 0 Å². The van der Waals surface area contributed by atoms with Gasteiger partial charge in [0.15, 0.2) is 0 Å². The number of anilines is 1. The normalized spacial score (nSPS) is 10.7. The maximum absolute atomic E-state index is 13.3. The minimum atomic E-state index is -0.283. The third kappa shape index (κ3) is 3.84. The molecule has 2 heterocycles. The lowest BCUT2D eigenvalue weighted by atomic mass is 10.2. The quantitative estimate of drug-likeness (QED) is 0.777. The van der Waals surface area contributed by atoms with Crippen LogP contribution in [0.3, 0.4) is 0 Å². The molecule has 1 N–H and O–H groups in total. The number of hydrogen-bond acceptors (Lipinski definition) is 3. The van der Waals surface area contributed by atoms with E-state index in [1.54, 1.807) is 28.3 Å². The standard InChI is InChI=1S/C17H16FN3OS/c1-12-10-19-21(11-13-4-2-5-14(18)8-13)17(12)20-16(22)9-15-6-3-7-23-15/h2-8,10H,9,11H2,1H3,(H,20,22). The average Bonchev–Trinajstić information content (AvgIpc) is 3.12. The minimum absolute atomic E-state index is 0.0865. The van der Waals surface area contributed by atoms with E-state index in [9.17, 15) is 9.18 Å². The molecule has 0 unspecified atom stereocenters. The number of carbonyl (C=O) groups is 1. The Morgan fingerprint density at radius 1 is 1.35 bits per heavy atom. The molecule has 0 fully saturated rings. The van der Waals surface area contributed by atoms with Crippen LogP contribution in [-0.4, -0.2) is 15.7 Å². The summed E-state index contributed by atoms with van der Waals surface area (Å²) < 4.78 is 15.0. The summed E-state index contributed by atoms with van der Waals surface area (Å²) in [5.41, 5.74) is 1.67. The number of benzene rings is 1. The van der Waals surface area contributed by atoms with Crippen LogP contribution in [0.4, 0.5) is 10.2 Å². The zero-order valence-electron chi connectivity index (χ0n) is 12.6. The maximum atomic E-state index is 13.3. The van der Waals surface area contributed by atoms with Gasteiger partial charge in [0.1, 0.15) is 11.6 Å². The molecule has 1 aromatic carbocycles. The second-order valence-corrected chi connectivity index (χ2v) is 6.30. The van der Waals surface area contributed by atoms with Gasteiger partial charge in [-0.15, -0.1) is 11.3 Å². The van der Waals surface area contributed by atoms with E-state index in [0.717, 1.165) is 16.0 Å². The second-order valence-electron chi connectivity index (χ2n) is 5.27. The third-order valence-electron chi connectivity index (χ3n) is 3.42. The minimum Gasteiger partial charge on any atom is -0.310 e. The molecular formula is C17H16FN3OS. The van der Waals surface area contributed by atoms with Gasteiger partial charge >= 0.3 is 0 Å². The van der Waals surface area contributed by atoms with Gasteiger partial charge in [-0.2, -0.15) is 5.10 Å². The first-order valence-electron chi connectivity index (χ1n) is 7.21. The molecule has 3 aromatic rings. The molecular weight excluding hydrogens is 313 g/mol. The highest BCUT2D eigenvalue weighted by Gasteiger charge is 2.12. The number of halogens is 1. The highest BCUT2D eigenvalue weighted by Crippen LogP contribution is 2.17. The van der Waals surface area contributed by atoms with Gasteiger partial charge in [-0.3, -0.25) is 4.79 Å². The topological polar surface area (TPSA) is 46.9 Å². The number of thiophene rings is 1. The lowest BCUT2D eigenvalue weighted by Crippen LogP contribution is -2.18. The fraction of sp³-hybridized carbons (Fsp3) is 0.176. The van der Waals surface area contributed by atoms with Crippen LogP contribution >= 0.6 is 11.3 Å². The monoisotopic (exact) mass is 329 g/mol. The number of aromatic nitrogens is 2. The molecule has 0 saturated heterocycles. The Hall–Kier alpha value is -2.47. The number of hydrogen-bond donors (Lipinski definition) is 1. The van der Waals surface area contributed by atoms with Crippen molar-refractivity contribution >= 4 is 23.1 Å². The van der Waals surface area contributed by atoms with Gasteiger partial charge in [-0.25, -0.2) is 9.07 Å². The van der Waals surface area contributed by atoms with Crippen LogP contribution in [0.2, 0.25) is 0 Å². The van der Waals surface area contributed by atoms with E-state index in [2.05, 4.69) is 10.4 Å². The summed E-state index contributed by atoms with van der Waals surface area (Å²) >= 11 is 1.55. The van der Waals surface area contributed by atoms with Gasteiger partial charge in [-0.1, -0.05) is 18.2 Å². The van der Waals surface area contributed by atoms with Gasteiger partial charge in [0, 0.05) is 10.4 Å². The molecule has 118 valence electrons. The summed E-state index contributed by atoms with van der Waals surface area (Å²) in [5.74, 6) is 0.280. The van der Waals surface area contributed by atoms with Crippen molar-refractivity contribution < 1.29 is 9.18 Å². The molecule has 2 aromatic heterocycles. The first-order chi connectivity index (χ1) is 11.1. The van der Waals surface area contributed by atoms with Crippen LogP contribution in [0.15, 0.2) is 48.0 Å². The van der Waals surface area contributed by atoms with E-state index < -0.39 is 0 Å². The van der Waals surface area contributed by atoms with E-state index in [4.69, 9.17) is 0 Å². The molecule has 0 aliphatic rings. The summed E-state index contributed by atoms with van der Waals surface area (Å²) in [6.07, 6.45) is 2.03. The number of nitrogens with zero attached hydrogens (tertiary/aromatic N) is 2. The Bertz CT molecular complexity index is 811. The van der Waals surface area contributed by atoms with E-state index in [1.807, 2.05) is 30.5 Å². The lowest BCUT2D eigenvalue weighted by molar-refractivity contribution is -0.115. The Balaban J connectivity index is 1.74. The first kappa shape index (κ1) is 15.4. The number of aryl methyl sites for hydroxylation is 1. The van der Waals surface area contributed by atoms with Crippen molar-refractivity contribution in [1.29, 1.82) is 0 Å². The number of nitrogens with one attached hydrogen (secondary N) is 1. The summed E-state index contributed by atoms with van der Waals surface area (Å²) in [6.45, 7) is 2.29. The van der Waals surface area contributed by atoms with Crippen LogP contribution < -0.4 is 5.32 Å². The summed E-state index contributed by atoms with van der Waals surface area (Å²) in [5, 5.41) is 9.13. The number of carbonyl (C=O) groups excluding carboxylic acids is 1. The van der Waals surface area contributed by atoms with Crippen molar-refractivity contribution in [2.24, 2.45) is 0 Å². The van der Waals surface area contributed by atoms with Crippen molar-refractivity contribution in [1.82, 2.24) is 9.78 Å².